The highest BCUT2D eigenvalue weighted by molar-refractivity contribution is 5.73. The van der Waals surface area contributed by atoms with Crippen LogP contribution in [0.4, 0.5) is 4.79 Å². The fourth-order valence-electron chi connectivity index (χ4n) is 2.87. The van der Waals surface area contributed by atoms with Gasteiger partial charge in [-0.3, -0.25) is 0 Å². The number of nitrogens with zero attached hydrogens (tertiary/aromatic N) is 1. The lowest BCUT2D eigenvalue weighted by Crippen LogP contribution is -2.39. The van der Waals surface area contributed by atoms with Gasteiger partial charge in [0.2, 0.25) is 0 Å². The van der Waals surface area contributed by atoms with Crippen LogP contribution in [0.1, 0.15) is 12.0 Å². The van der Waals surface area contributed by atoms with Gasteiger partial charge in [0, 0.05) is 38.2 Å². The van der Waals surface area contributed by atoms with Crippen molar-refractivity contribution in [1.82, 2.24) is 10.2 Å². The molecule has 0 aliphatic carbocycles. The normalized spacial score (nSPS) is 16.4. The monoisotopic (exact) mass is 340 g/mol. The molecule has 1 unspecified atom stereocenters. The molecule has 0 spiro atoms. The summed E-state index contributed by atoms with van der Waals surface area (Å²) in [7, 11) is 1.82. The van der Waals surface area contributed by atoms with Gasteiger partial charge in [0.25, 0.3) is 0 Å². The van der Waals surface area contributed by atoms with Crippen LogP contribution in [0.5, 0.6) is 11.5 Å². The molecule has 1 saturated heterocycles. The lowest BCUT2D eigenvalue weighted by atomic mass is 10.1. The van der Waals surface area contributed by atoms with E-state index in [1.54, 1.807) is 4.90 Å². The van der Waals surface area contributed by atoms with E-state index in [-0.39, 0.29) is 6.03 Å². The average Bonchev–Trinajstić information content (AvgIpc) is 3.14. The van der Waals surface area contributed by atoms with E-state index in [9.17, 15) is 4.79 Å². The van der Waals surface area contributed by atoms with Gasteiger partial charge in [-0.05, 0) is 24.6 Å². The maximum atomic E-state index is 12.3. The van der Waals surface area contributed by atoms with Crippen LogP contribution in [-0.2, 0) is 11.3 Å². The maximum Gasteiger partial charge on any atom is 0.317 e. The Morgan fingerprint density at radius 3 is 2.72 bits per heavy atom. The number of urea groups is 1. The summed E-state index contributed by atoms with van der Waals surface area (Å²) in [5.74, 6) is 1.96. The summed E-state index contributed by atoms with van der Waals surface area (Å²) in [6.07, 6.45) is 1.02. The minimum Gasteiger partial charge on any atom is -0.457 e. The maximum absolute atomic E-state index is 12.3. The lowest BCUT2D eigenvalue weighted by Gasteiger charge is -2.21. The third-order valence-electron chi connectivity index (χ3n) is 4.28. The Morgan fingerprint density at radius 2 is 1.96 bits per heavy atom. The highest BCUT2D eigenvalue weighted by atomic mass is 16.5. The van der Waals surface area contributed by atoms with Crippen LogP contribution in [0.3, 0.4) is 0 Å². The first-order valence-electron chi connectivity index (χ1n) is 8.60. The molecule has 1 aliphatic heterocycles. The summed E-state index contributed by atoms with van der Waals surface area (Å²) >= 11 is 0. The summed E-state index contributed by atoms with van der Waals surface area (Å²) in [5, 5.41) is 2.97. The van der Waals surface area contributed by atoms with Crippen molar-refractivity contribution in [3.63, 3.8) is 0 Å². The summed E-state index contributed by atoms with van der Waals surface area (Å²) in [6, 6.07) is 17.3. The van der Waals surface area contributed by atoms with Crippen molar-refractivity contribution < 1.29 is 14.3 Å². The van der Waals surface area contributed by atoms with Crippen molar-refractivity contribution >= 4 is 6.03 Å². The fourth-order valence-corrected chi connectivity index (χ4v) is 2.87. The highest BCUT2D eigenvalue weighted by Gasteiger charge is 2.20. The molecule has 0 radical (unpaired) electrons. The smallest absolute Gasteiger partial charge is 0.317 e. The van der Waals surface area contributed by atoms with Gasteiger partial charge in [-0.25, -0.2) is 4.79 Å². The molecular formula is C20H24N2O3. The van der Waals surface area contributed by atoms with Crippen molar-refractivity contribution in [3.8, 4) is 11.5 Å². The Balaban J connectivity index is 1.56. The number of amides is 2. The van der Waals surface area contributed by atoms with Gasteiger partial charge in [0.05, 0.1) is 6.61 Å². The minimum atomic E-state index is -0.0820. The zero-order valence-electron chi connectivity index (χ0n) is 14.5. The van der Waals surface area contributed by atoms with Gasteiger partial charge in [0.15, 0.2) is 0 Å². The first-order chi connectivity index (χ1) is 12.2. The van der Waals surface area contributed by atoms with E-state index >= 15 is 0 Å². The number of ether oxygens (including phenoxy) is 2. The van der Waals surface area contributed by atoms with Crippen LogP contribution in [0.15, 0.2) is 54.6 Å². The van der Waals surface area contributed by atoms with Crippen molar-refractivity contribution in [3.05, 3.63) is 60.2 Å². The molecule has 5 nitrogen and oxygen atoms in total. The first-order valence-corrected chi connectivity index (χ1v) is 8.60. The largest absolute Gasteiger partial charge is 0.457 e. The standard InChI is InChI=1S/C20H24N2O3/c1-22(14-16-11-12-24-15-16)20(23)21-13-17-7-5-6-10-19(17)25-18-8-3-2-4-9-18/h2-10,16H,11-15H2,1H3,(H,21,23). The fraction of sp³-hybridized carbons (Fsp3) is 0.350. The van der Waals surface area contributed by atoms with Crippen LogP contribution in [0, 0.1) is 5.92 Å². The van der Waals surface area contributed by atoms with E-state index in [2.05, 4.69) is 5.32 Å². The van der Waals surface area contributed by atoms with Gasteiger partial charge >= 0.3 is 6.03 Å². The second kappa shape index (κ2) is 8.53. The van der Waals surface area contributed by atoms with Crippen molar-refractivity contribution in [2.24, 2.45) is 5.92 Å². The first kappa shape index (κ1) is 17.3. The number of para-hydroxylation sites is 2. The summed E-state index contributed by atoms with van der Waals surface area (Å²) in [6.45, 7) is 2.68. The summed E-state index contributed by atoms with van der Waals surface area (Å²) in [5.41, 5.74) is 0.942. The molecular weight excluding hydrogens is 316 g/mol. The second-order valence-corrected chi connectivity index (χ2v) is 6.29. The van der Waals surface area contributed by atoms with E-state index in [1.807, 2.05) is 61.6 Å². The Hall–Kier alpha value is -2.53. The Labute approximate surface area is 148 Å². The number of benzene rings is 2. The number of hydrogen-bond acceptors (Lipinski definition) is 3. The van der Waals surface area contributed by atoms with E-state index < -0.39 is 0 Å². The van der Waals surface area contributed by atoms with Crippen molar-refractivity contribution in [1.29, 1.82) is 0 Å². The quantitative estimate of drug-likeness (QED) is 0.873. The molecule has 1 aliphatic rings. The van der Waals surface area contributed by atoms with Gasteiger partial charge in [-0.1, -0.05) is 36.4 Å². The Bertz CT molecular complexity index is 684. The van der Waals surface area contributed by atoms with Crippen LogP contribution >= 0.6 is 0 Å². The number of carbonyl (C=O) groups is 1. The lowest BCUT2D eigenvalue weighted by molar-refractivity contribution is 0.171. The Kier molecular flexibility index (Phi) is 5.90. The minimum absolute atomic E-state index is 0.0820. The molecule has 25 heavy (non-hydrogen) atoms. The molecule has 2 aromatic rings. The third-order valence-corrected chi connectivity index (χ3v) is 4.28. The van der Waals surface area contributed by atoms with Crippen molar-refractivity contribution in [2.45, 2.75) is 13.0 Å². The predicted molar refractivity (Wildman–Crippen MR) is 96.7 cm³/mol. The van der Waals surface area contributed by atoms with E-state index in [4.69, 9.17) is 9.47 Å². The molecule has 0 bridgehead atoms. The highest BCUT2D eigenvalue weighted by Crippen LogP contribution is 2.25. The van der Waals surface area contributed by atoms with Gasteiger partial charge < -0.3 is 19.7 Å². The van der Waals surface area contributed by atoms with Crippen LogP contribution in [0.25, 0.3) is 0 Å². The molecule has 1 atom stereocenters. The zero-order valence-corrected chi connectivity index (χ0v) is 14.5. The average molecular weight is 340 g/mol. The SMILES string of the molecule is CN(CC1CCOC1)C(=O)NCc1ccccc1Oc1ccccc1. The van der Waals surface area contributed by atoms with E-state index in [0.29, 0.717) is 19.0 Å². The molecule has 3 rings (SSSR count). The molecule has 132 valence electrons. The predicted octanol–water partition coefficient (Wildman–Crippen LogP) is 3.66. The molecule has 0 aromatic heterocycles. The van der Waals surface area contributed by atoms with Crippen LogP contribution < -0.4 is 10.1 Å². The van der Waals surface area contributed by atoms with Gasteiger partial charge in [-0.15, -0.1) is 0 Å². The summed E-state index contributed by atoms with van der Waals surface area (Å²) in [4.78, 5) is 14.0. The van der Waals surface area contributed by atoms with Gasteiger partial charge in [-0.2, -0.15) is 0 Å². The summed E-state index contributed by atoms with van der Waals surface area (Å²) < 4.78 is 11.3. The topological polar surface area (TPSA) is 50.8 Å². The van der Waals surface area contributed by atoms with E-state index in [1.165, 1.54) is 0 Å². The second-order valence-electron chi connectivity index (χ2n) is 6.29. The number of carbonyl (C=O) groups excluding carboxylic acids is 1. The molecule has 1 fully saturated rings. The molecule has 2 aromatic carbocycles. The number of rotatable bonds is 6. The Morgan fingerprint density at radius 1 is 1.20 bits per heavy atom. The molecule has 0 saturated carbocycles. The van der Waals surface area contributed by atoms with Crippen molar-refractivity contribution in [2.75, 3.05) is 26.8 Å². The van der Waals surface area contributed by atoms with Gasteiger partial charge in [0.1, 0.15) is 11.5 Å². The molecule has 1 N–H and O–H groups in total. The zero-order chi connectivity index (χ0) is 17.5. The molecule has 5 heteroatoms. The number of hydrogen-bond donors (Lipinski definition) is 1. The molecule has 1 heterocycles. The van der Waals surface area contributed by atoms with E-state index in [0.717, 1.165) is 36.7 Å². The van der Waals surface area contributed by atoms with Crippen LogP contribution in [0.2, 0.25) is 0 Å². The molecule has 2 amide bonds. The third kappa shape index (κ3) is 4.97. The van der Waals surface area contributed by atoms with Crippen LogP contribution in [-0.4, -0.2) is 37.7 Å². The number of nitrogens with one attached hydrogen (secondary N) is 1.